The van der Waals surface area contributed by atoms with E-state index in [1.165, 1.54) is 6.42 Å². The SMILES string of the molecule is C[B]O[C@]1(CC)C[C@@H]1C. The summed E-state index contributed by atoms with van der Waals surface area (Å²) in [5.74, 6) is 0.777. The van der Waals surface area contributed by atoms with Gasteiger partial charge >= 0.3 is 0 Å². The second-order valence-electron chi connectivity index (χ2n) is 2.88. The van der Waals surface area contributed by atoms with Crippen molar-refractivity contribution >= 4 is 7.48 Å². The van der Waals surface area contributed by atoms with Gasteiger partial charge in [0.15, 0.2) is 0 Å². The van der Waals surface area contributed by atoms with Gasteiger partial charge in [0.1, 0.15) is 0 Å². The average Bonchev–Trinajstić information content (AvgIpc) is 2.45. The van der Waals surface area contributed by atoms with Gasteiger partial charge in [-0.05, 0) is 18.8 Å². The van der Waals surface area contributed by atoms with Gasteiger partial charge < -0.3 is 4.65 Å². The lowest BCUT2D eigenvalue weighted by Crippen LogP contribution is -2.16. The molecule has 1 radical (unpaired) electrons. The molecule has 0 bridgehead atoms. The molecule has 1 saturated carbocycles. The molecule has 1 aliphatic rings. The molecule has 51 valence electrons. The molecule has 1 nitrogen and oxygen atoms in total. The summed E-state index contributed by atoms with van der Waals surface area (Å²) < 4.78 is 5.48. The van der Waals surface area contributed by atoms with Crippen molar-refractivity contribution < 1.29 is 4.65 Å². The second kappa shape index (κ2) is 2.33. The number of hydrogen-bond acceptors (Lipinski definition) is 1. The molecule has 0 heterocycles. The van der Waals surface area contributed by atoms with Gasteiger partial charge in [-0.15, -0.1) is 0 Å². The Morgan fingerprint density at radius 3 is 2.44 bits per heavy atom. The topological polar surface area (TPSA) is 9.23 Å². The third-order valence-electron chi connectivity index (χ3n) is 2.34. The van der Waals surface area contributed by atoms with Crippen LogP contribution in [0.5, 0.6) is 0 Å². The highest BCUT2D eigenvalue weighted by molar-refractivity contribution is 6.25. The standard InChI is InChI=1S/C7H14BO/c1-4-7(9-8-3)5-6(7)2/h6H,4-5H2,1-3H3/t6-,7+/m0/s1. The van der Waals surface area contributed by atoms with Gasteiger partial charge in [0.05, 0.1) is 5.60 Å². The average molecular weight is 125 g/mol. The highest BCUT2D eigenvalue weighted by Crippen LogP contribution is 2.48. The van der Waals surface area contributed by atoms with Crippen LogP contribution in [0.25, 0.3) is 0 Å². The zero-order valence-electron chi connectivity index (χ0n) is 6.48. The maximum absolute atomic E-state index is 5.48. The van der Waals surface area contributed by atoms with Crippen molar-refractivity contribution in [1.29, 1.82) is 0 Å². The summed E-state index contributed by atoms with van der Waals surface area (Å²) in [4.78, 5) is 0. The van der Waals surface area contributed by atoms with Crippen molar-refractivity contribution in [3.05, 3.63) is 0 Å². The summed E-state index contributed by atoms with van der Waals surface area (Å²) in [7, 11) is 1.81. The predicted octanol–water partition coefficient (Wildman–Crippen LogP) is 1.86. The first-order valence-corrected chi connectivity index (χ1v) is 3.71. The van der Waals surface area contributed by atoms with Crippen LogP contribution in [0.2, 0.25) is 6.82 Å². The Bertz CT molecular complexity index is 101. The van der Waals surface area contributed by atoms with Crippen molar-refractivity contribution in [2.45, 2.75) is 39.1 Å². The Morgan fingerprint density at radius 1 is 1.78 bits per heavy atom. The van der Waals surface area contributed by atoms with Gasteiger partial charge in [-0.3, -0.25) is 0 Å². The van der Waals surface area contributed by atoms with Crippen molar-refractivity contribution in [2.24, 2.45) is 5.92 Å². The second-order valence-corrected chi connectivity index (χ2v) is 2.88. The molecule has 2 heteroatoms. The van der Waals surface area contributed by atoms with Gasteiger partial charge in [-0.1, -0.05) is 20.7 Å². The lowest BCUT2D eigenvalue weighted by Gasteiger charge is -2.13. The fraction of sp³-hybridized carbons (Fsp3) is 1.00. The fourth-order valence-electron chi connectivity index (χ4n) is 1.43. The molecule has 0 spiro atoms. The van der Waals surface area contributed by atoms with Crippen LogP contribution in [0.3, 0.4) is 0 Å². The van der Waals surface area contributed by atoms with E-state index in [-0.39, 0.29) is 5.60 Å². The summed E-state index contributed by atoms with van der Waals surface area (Å²) >= 11 is 0. The van der Waals surface area contributed by atoms with Crippen molar-refractivity contribution in [1.82, 2.24) is 0 Å². The Morgan fingerprint density at radius 2 is 2.33 bits per heavy atom. The van der Waals surface area contributed by atoms with Crippen LogP contribution in [0.4, 0.5) is 0 Å². The molecule has 0 aliphatic heterocycles. The van der Waals surface area contributed by atoms with E-state index in [0.717, 1.165) is 12.3 Å². The van der Waals surface area contributed by atoms with E-state index in [9.17, 15) is 0 Å². The Labute approximate surface area is 58.1 Å². The summed E-state index contributed by atoms with van der Waals surface area (Å²) in [6.07, 6.45) is 2.40. The molecule has 0 aromatic carbocycles. The van der Waals surface area contributed by atoms with Crippen molar-refractivity contribution in [3.63, 3.8) is 0 Å². The van der Waals surface area contributed by atoms with Gasteiger partial charge in [-0.25, -0.2) is 0 Å². The first-order valence-electron chi connectivity index (χ1n) is 3.71. The quantitative estimate of drug-likeness (QED) is 0.523. The van der Waals surface area contributed by atoms with Gasteiger partial charge in [0.25, 0.3) is 7.48 Å². The first kappa shape index (κ1) is 7.14. The van der Waals surface area contributed by atoms with Crippen LogP contribution in [-0.4, -0.2) is 13.1 Å². The molecule has 2 atom stereocenters. The Hall–Kier alpha value is 0.0249. The van der Waals surface area contributed by atoms with E-state index in [1.54, 1.807) is 0 Å². The van der Waals surface area contributed by atoms with Crippen LogP contribution < -0.4 is 0 Å². The largest absolute Gasteiger partial charge is 0.435 e. The van der Waals surface area contributed by atoms with E-state index >= 15 is 0 Å². The Kier molecular flexibility index (Phi) is 1.85. The minimum absolute atomic E-state index is 0.245. The molecule has 9 heavy (non-hydrogen) atoms. The van der Waals surface area contributed by atoms with E-state index < -0.39 is 0 Å². The Balaban J connectivity index is 2.33. The van der Waals surface area contributed by atoms with Crippen LogP contribution in [0.15, 0.2) is 0 Å². The summed E-state index contributed by atoms with van der Waals surface area (Å²) in [6.45, 7) is 6.38. The minimum atomic E-state index is 0.245. The maximum atomic E-state index is 5.48. The molecule has 1 rings (SSSR count). The molecule has 0 aromatic heterocycles. The molecular formula is C7H14BO. The molecule has 1 fully saturated rings. The van der Waals surface area contributed by atoms with Crippen LogP contribution >= 0.6 is 0 Å². The van der Waals surface area contributed by atoms with Crippen molar-refractivity contribution in [2.75, 3.05) is 0 Å². The van der Waals surface area contributed by atoms with Gasteiger partial charge in [0.2, 0.25) is 0 Å². The maximum Gasteiger partial charge on any atom is 0.289 e. The fourth-order valence-corrected chi connectivity index (χ4v) is 1.43. The third kappa shape index (κ3) is 1.13. The monoisotopic (exact) mass is 125 g/mol. The zero-order valence-corrected chi connectivity index (χ0v) is 6.48. The van der Waals surface area contributed by atoms with Gasteiger partial charge in [0, 0.05) is 0 Å². The molecule has 0 N–H and O–H groups in total. The van der Waals surface area contributed by atoms with E-state index in [4.69, 9.17) is 4.65 Å². The molecular weight excluding hydrogens is 111 g/mol. The normalized spacial score (nSPS) is 40.6. The molecule has 0 amide bonds. The summed E-state index contributed by atoms with van der Waals surface area (Å²) in [5.41, 5.74) is 0.245. The molecule has 0 saturated heterocycles. The number of hydrogen-bond donors (Lipinski definition) is 0. The minimum Gasteiger partial charge on any atom is -0.435 e. The van der Waals surface area contributed by atoms with Crippen molar-refractivity contribution in [3.8, 4) is 0 Å². The molecule has 1 aliphatic carbocycles. The number of rotatable bonds is 3. The van der Waals surface area contributed by atoms with Gasteiger partial charge in [-0.2, -0.15) is 0 Å². The molecule has 0 aromatic rings. The lowest BCUT2D eigenvalue weighted by atomic mass is 10.1. The summed E-state index contributed by atoms with van der Waals surface area (Å²) in [5, 5.41) is 0. The third-order valence-corrected chi connectivity index (χ3v) is 2.34. The van der Waals surface area contributed by atoms with E-state index in [2.05, 4.69) is 13.8 Å². The summed E-state index contributed by atoms with van der Waals surface area (Å²) in [6, 6.07) is 0. The highest BCUT2D eigenvalue weighted by Gasteiger charge is 2.49. The van der Waals surface area contributed by atoms with Crippen LogP contribution in [0.1, 0.15) is 26.7 Å². The highest BCUT2D eigenvalue weighted by atomic mass is 16.5. The van der Waals surface area contributed by atoms with Crippen LogP contribution in [-0.2, 0) is 4.65 Å². The smallest absolute Gasteiger partial charge is 0.289 e. The predicted molar refractivity (Wildman–Crippen MR) is 39.5 cm³/mol. The van der Waals surface area contributed by atoms with Crippen LogP contribution in [0, 0.1) is 5.92 Å². The lowest BCUT2D eigenvalue weighted by molar-refractivity contribution is 0.168. The van der Waals surface area contributed by atoms with E-state index in [1.807, 2.05) is 14.3 Å². The first-order chi connectivity index (χ1) is 4.25. The zero-order chi connectivity index (χ0) is 6.91. The molecule has 0 unspecified atom stereocenters. The van der Waals surface area contributed by atoms with E-state index in [0.29, 0.717) is 0 Å².